The van der Waals surface area contributed by atoms with Crippen LogP contribution in [0.15, 0.2) is 65.7 Å². The molecular weight excluding hydrogens is 266 g/mol. The summed E-state index contributed by atoms with van der Waals surface area (Å²) in [5, 5.41) is 0. The SMILES string of the molecule is CCCCN=C1CCC(c2ccccc2)=C1c1ccccc1. The molecule has 0 fully saturated rings. The number of benzene rings is 2. The van der Waals surface area contributed by atoms with Crippen LogP contribution in [0.2, 0.25) is 0 Å². The highest BCUT2D eigenvalue weighted by atomic mass is 14.7. The number of hydrogen-bond donors (Lipinski definition) is 0. The molecule has 112 valence electrons. The van der Waals surface area contributed by atoms with Crippen LogP contribution < -0.4 is 0 Å². The van der Waals surface area contributed by atoms with Gasteiger partial charge < -0.3 is 0 Å². The first-order valence-corrected chi connectivity index (χ1v) is 8.28. The standard InChI is InChI=1S/C21H23N/c1-2-3-16-22-20-15-14-19(17-10-6-4-7-11-17)21(20)18-12-8-5-9-13-18/h4-13H,2-3,14-16H2,1H3. The lowest BCUT2D eigenvalue weighted by atomic mass is 9.96. The average Bonchev–Trinajstić information content (AvgIpc) is 3.01. The zero-order valence-electron chi connectivity index (χ0n) is 13.3. The van der Waals surface area contributed by atoms with Crippen molar-refractivity contribution in [3.63, 3.8) is 0 Å². The largest absolute Gasteiger partial charge is 0.289 e. The molecular formula is C21H23N. The fourth-order valence-electron chi connectivity index (χ4n) is 3.07. The molecule has 0 unspecified atom stereocenters. The highest BCUT2D eigenvalue weighted by molar-refractivity contribution is 6.33. The van der Waals surface area contributed by atoms with Gasteiger partial charge in [-0.05, 0) is 36.0 Å². The second kappa shape index (κ2) is 7.22. The van der Waals surface area contributed by atoms with Crippen LogP contribution >= 0.6 is 0 Å². The number of aliphatic imine (C=N–C) groups is 1. The summed E-state index contributed by atoms with van der Waals surface area (Å²) < 4.78 is 0. The van der Waals surface area contributed by atoms with Crippen LogP contribution in [0.4, 0.5) is 0 Å². The van der Waals surface area contributed by atoms with E-state index in [1.54, 1.807) is 0 Å². The first-order valence-electron chi connectivity index (χ1n) is 8.28. The lowest BCUT2D eigenvalue weighted by Gasteiger charge is -2.09. The Morgan fingerprint density at radius 2 is 1.45 bits per heavy atom. The van der Waals surface area contributed by atoms with Crippen LogP contribution in [-0.2, 0) is 0 Å². The summed E-state index contributed by atoms with van der Waals surface area (Å²) >= 11 is 0. The first kappa shape index (κ1) is 14.8. The molecule has 0 aromatic heterocycles. The molecule has 0 N–H and O–H groups in total. The lowest BCUT2D eigenvalue weighted by molar-refractivity contribution is 0.807. The number of rotatable bonds is 5. The highest BCUT2D eigenvalue weighted by Gasteiger charge is 2.23. The van der Waals surface area contributed by atoms with Crippen molar-refractivity contribution in [2.75, 3.05) is 6.54 Å². The normalized spacial score (nSPS) is 16.5. The van der Waals surface area contributed by atoms with E-state index in [2.05, 4.69) is 67.6 Å². The number of nitrogens with zero attached hydrogens (tertiary/aromatic N) is 1. The topological polar surface area (TPSA) is 12.4 Å². The molecule has 0 aliphatic heterocycles. The maximum Gasteiger partial charge on any atom is 0.0432 e. The highest BCUT2D eigenvalue weighted by Crippen LogP contribution is 2.38. The Hall–Kier alpha value is -2.15. The molecule has 1 nitrogen and oxygen atoms in total. The van der Waals surface area contributed by atoms with Crippen LogP contribution in [0.1, 0.15) is 43.7 Å². The maximum absolute atomic E-state index is 4.91. The van der Waals surface area contributed by atoms with E-state index in [-0.39, 0.29) is 0 Å². The molecule has 0 radical (unpaired) electrons. The molecule has 0 atom stereocenters. The number of unbranched alkanes of at least 4 members (excludes halogenated alkanes) is 1. The van der Waals surface area contributed by atoms with Crippen LogP contribution in [0.25, 0.3) is 11.1 Å². The number of allylic oxidation sites excluding steroid dienone is 2. The van der Waals surface area contributed by atoms with Crippen LogP contribution in [-0.4, -0.2) is 12.3 Å². The molecule has 0 bridgehead atoms. The van der Waals surface area contributed by atoms with E-state index < -0.39 is 0 Å². The van der Waals surface area contributed by atoms with Crippen molar-refractivity contribution in [3.05, 3.63) is 71.8 Å². The van der Waals surface area contributed by atoms with Crippen molar-refractivity contribution < 1.29 is 0 Å². The van der Waals surface area contributed by atoms with E-state index >= 15 is 0 Å². The lowest BCUT2D eigenvalue weighted by Crippen LogP contribution is -1.99. The van der Waals surface area contributed by atoms with E-state index in [0.29, 0.717) is 0 Å². The minimum atomic E-state index is 0.949. The molecule has 0 saturated carbocycles. The minimum absolute atomic E-state index is 0.949. The molecule has 1 aliphatic rings. The fraction of sp³-hybridized carbons (Fsp3) is 0.286. The third-order valence-corrected chi connectivity index (χ3v) is 4.20. The Morgan fingerprint density at radius 1 is 0.818 bits per heavy atom. The van der Waals surface area contributed by atoms with Crippen molar-refractivity contribution >= 4 is 16.9 Å². The van der Waals surface area contributed by atoms with E-state index in [1.807, 2.05) is 0 Å². The zero-order valence-corrected chi connectivity index (χ0v) is 13.3. The van der Waals surface area contributed by atoms with Gasteiger partial charge in [0.1, 0.15) is 0 Å². The monoisotopic (exact) mass is 289 g/mol. The summed E-state index contributed by atoms with van der Waals surface area (Å²) in [6.45, 7) is 3.17. The Kier molecular flexibility index (Phi) is 4.85. The van der Waals surface area contributed by atoms with Gasteiger partial charge in [-0.2, -0.15) is 0 Å². The third kappa shape index (κ3) is 3.19. The maximum atomic E-state index is 4.91. The predicted molar refractivity (Wildman–Crippen MR) is 96.1 cm³/mol. The third-order valence-electron chi connectivity index (χ3n) is 4.20. The van der Waals surface area contributed by atoms with Gasteiger partial charge in [-0.25, -0.2) is 0 Å². The Morgan fingerprint density at radius 3 is 2.09 bits per heavy atom. The summed E-state index contributed by atoms with van der Waals surface area (Å²) in [6.07, 6.45) is 4.54. The van der Waals surface area contributed by atoms with Gasteiger partial charge in [0, 0.05) is 17.8 Å². The van der Waals surface area contributed by atoms with Gasteiger partial charge in [0.2, 0.25) is 0 Å². The number of hydrogen-bond acceptors (Lipinski definition) is 1. The molecule has 3 rings (SSSR count). The molecule has 1 aliphatic carbocycles. The summed E-state index contributed by atoms with van der Waals surface area (Å²) in [5.74, 6) is 0. The summed E-state index contributed by atoms with van der Waals surface area (Å²) in [5.41, 5.74) is 6.74. The molecule has 2 aromatic carbocycles. The van der Waals surface area contributed by atoms with E-state index in [9.17, 15) is 0 Å². The van der Waals surface area contributed by atoms with Gasteiger partial charge in [0.25, 0.3) is 0 Å². The van der Waals surface area contributed by atoms with Gasteiger partial charge in [0.15, 0.2) is 0 Å². The quantitative estimate of drug-likeness (QED) is 0.632. The summed E-state index contributed by atoms with van der Waals surface area (Å²) in [6, 6.07) is 21.5. The predicted octanol–water partition coefficient (Wildman–Crippen LogP) is 5.63. The molecule has 0 saturated heterocycles. The van der Waals surface area contributed by atoms with Crippen molar-refractivity contribution in [1.29, 1.82) is 0 Å². The zero-order chi connectivity index (χ0) is 15.2. The fourth-order valence-corrected chi connectivity index (χ4v) is 3.07. The molecule has 1 heteroatoms. The van der Waals surface area contributed by atoms with Crippen molar-refractivity contribution in [2.24, 2.45) is 4.99 Å². The average molecular weight is 289 g/mol. The van der Waals surface area contributed by atoms with E-state index in [0.717, 1.165) is 19.4 Å². The Balaban J connectivity index is 2.05. The molecule has 22 heavy (non-hydrogen) atoms. The van der Waals surface area contributed by atoms with Crippen LogP contribution in [0.3, 0.4) is 0 Å². The smallest absolute Gasteiger partial charge is 0.0432 e. The molecule has 0 spiro atoms. The van der Waals surface area contributed by atoms with Gasteiger partial charge in [-0.15, -0.1) is 0 Å². The Labute approximate surface area is 133 Å². The molecule has 0 amide bonds. The molecule has 2 aromatic rings. The Bertz CT molecular complexity index is 666. The summed E-state index contributed by atoms with van der Waals surface area (Å²) in [7, 11) is 0. The second-order valence-electron chi connectivity index (χ2n) is 5.77. The van der Waals surface area contributed by atoms with Crippen molar-refractivity contribution in [2.45, 2.75) is 32.6 Å². The molecule has 0 heterocycles. The minimum Gasteiger partial charge on any atom is -0.289 e. The van der Waals surface area contributed by atoms with E-state index in [4.69, 9.17) is 4.99 Å². The van der Waals surface area contributed by atoms with Crippen molar-refractivity contribution in [1.82, 2.24) is 0 Å². The van der Waals surface area contributed by atoms with Crippen LogP contribution in [0, 0.1) is 0 Å². The van der Waals surface area contributed by atoms with E-state index in [1.165, 1.54) is 40.8 Å². The van der Waals surface area contributed by atoms with Gasteiger partial charge in [-0.1, -0.05) is 74.0 Å². The van der Waals surface area contributed by atoms with Gasteiger partial charge in [0.05, 0.1) is 0 Å². The first-order chi connectivity index (χ1) is 10.9. The summed E-state index contributed by atoms with van der Waals surface area (Å²) in [4.78, 5) is 4.91. The van der Waals surface area contributed by atoms with Crippen LogP contribution in [0.5, 0.6) is 0 Å². The second-order valence-corrected chi connectivity index (χ2v) is 5.77. The van der Waals surface area contributed by atoms with Crippen molar-refractivity contribution in [3.8, 4) is 0 Å². The van der Waals surface area contributed by atoms with Gasteiger partial charge in [-0.3, -0.25) is 4.99 Å². The van der Waals surface area contributed by atoms with Gasteiger partial charge >= 0.3 is 0 Å².